The summed E-state index contributed by atoms with van der Waals surface area (Å²) in [5.74, 6) is -1.40. The third kappa shape index (κ3) is 4.73. The highest BCUT2D eigenvalue weighted by Gasteiger charge is 2.38. The molecular weight excluding hydrogens is 439 g/mol. The van der Waals surface area contributed by atoms with E-state index in [1.54, 1.807) is 44.4 Å². The van der Waals surface area contributed by atoms with Crippen molar-refractivity contribution < 1.29 is 22.8 Å². The summed E-state index contributed by atoms with van der Waals surface area (Å²) in [4.78, 5) is 28.2. The number of rotatable bonds is 4. The van der Waals surface area contributed by atoms with Crippen molar-refractivity contribution in [2.24, 2.45) is 5.92 Å². The van der Waals surface area contributed by atoms with Gasteiger partial charge in [0.05, 0.1) is 0 Å². The van der Waals surface area contributed by atoms with Crippen molar-refractivity contribution in [3.63, 3.8) is 0 Å². The molecule has 1 aliphatic heterocycles. The Bertz CT molecular complexity index is 1180. The van der Waals surface area contributed by atoms with Crippen LogP contribution in [0.5, 0.6) is 0 Å². The highest BCUT2D eigenvalue weighted by Crippen LogP contribution is 2.29. The van der Waals surface area contributed by atoms with Crippen molar-refractivity contribution in [2.45, 2.75) is 19.0 Å². The molecular formula is C21H22F3N7O2. The lowest BCUT2D eigenvalue weighted by Crippen LogP contribution is -2.38. The van der Waals surface area contributed by atoms with Gasteiger partial charge in [-0.15, -0.1) is 15.3 Å². The average molecular weight is 461 g/mol. The molecule has 1 saturated heterocycles. The minimum Gasteiger partial charge on any atom is -0.355 e. The molecule has 12 heteroatoms. The molecule has 2 amide bonds. The van der Waals surface area contributed by atoms with Gasteiger partial charge < -0.3 is 15.1 Å². The van der Waals surface area contributed by atoms with Crippen LogP contribution in [0.4, 0.5) is 24.7 Å². The van der Waals surface area contributed by atoms with Crippen LogP contribution in [0, 0.1) is 5.92 Å². The third-order valence-corrected chi connectivity index (χ3v) is 5.48. The summed E-state index contributed by atoms with van der Waals surface area (Å²) in [7, 11) is 3.31. The molecule has 0 bridgehead atoms. The molecule has 2 aromatic heterocycles. The van der Waals surface area contributed by atoms with Crippen LogP contribution in [0.15, 0.2) is 36.4 Å². The van der Waals surface area contributed by atoms with Gasteiger partial charge in [-0.3, -0.25) is 9.59 Å². The number of amides is 2. The zero-order valence-corrected chi connectivity index (χ0v) is 18.0. The Labute approximate surface area is 187 Å². The smallest absolute Gasteiger partial charge is 0.355 e. The number of benzene rings is 1. The van der Waals surface area contributed by atoms with Crippen LogP contribution in [-0.2, 0) is 11.0 Å². The number of nitrogens with one attached hydrogen (secondary N) is 1. The number of fused-ring (bicyclic) bond motifs is 1. The van der Waals surface area contributed by atoms with E-state index >= 15 is 0 Å². The predicted molar refractivity (Wildman–Crippen MR) is 114 cm³/mol. The lowest BCUT2D eigenvalue weighted by molar-refractivity contribution is -0.146. The Kier molecular flexibility index (Phi) is 5.91. The van der Waals surface area contributed by atoms with Gasteiger partial charge in [-0.05, 0) is 43.2 Å². The standard InChI is InChI=1S/C21H22F3N7O2/c1-29(2)19(33)14-4-3-5-15(12-14)25-18(32)13-8-10-30(11-9-13)17-7-6-16-26-27-20(21(22,23)24)31(16)28-17/h3-7,12-13H,8-11H2,1-2H3,(H,25,32). The molecule has 1 fully saturated rings. The number of alkyl halides is 3. The summed E-state index contributed by atoms with van der Waals surface area (Å²) < 4.78 is 40.0. The Morgan fingerprint density at radius 1 is 1.09 bits per heavy atom. The molecule has 0 unspecified atom stereocenters. The normalized spacial score (nSPS) is 15.0. The number of carbonyl (C=O) groups excluding carboxylic acids is 2. The van der Waals surface area contributed by atoms with Crippen LogP contribution in [0.3, 0.4) is 0 Å². The van der Waals surface area contributed by atoms with Gasteiger partial charge >= 0.3 is 6.18 Å². The van der Waals surface area contributed by atoms with Gasteiger partial charge in [-0.25, -0.2) is 0 Å². The largest absolute Gasteiger partial charge is 0.453 e. The number of aromatic nitrogens is 4. The Hall–Kier alpha value is -3.70. The fraction of sp³-hybridized carbons (Fsp3) is 0.381. The number of nitrogens with zero attached hydrogens (tertiary/aromatic N) is 6. The first kappa shape index (κ1) is 22.5. The molecule has 4 rings (SSSR count). The molecule has 1 aromatic carbocycles. The molecule has 0 radical (unpaired) electrons. The van der Waals surface area contributed by atoms with Crippen LogP contribution < -0.4 is 10.2 Å². The maximum absolute atomic E-state index is 13.1. The van der Waals surface area contributed by atoms with E-state index in [-0.39, 0.29) is 23.4 Å². The Morgan fingerprint density at radius 3 is 2.48 bits per heavy atom. The fourth-order valence-corrected chi connectivity index (χ4v) is 3.73. The monoisotopic (exact) mass is 461 g/mol. The highest BCUT2D eigenvalue weighted by molar-refractivity contribution is 5.97. The van der Waals surface area contributed by atoms with E-state index in [2.05, 4.69) is 20.6 Å². The van der Waals surface area contributed by atoms with E-state index in [0.717, 1.165) is 0 Å². The lowest BCUT2D eigenvalue weighted by atomic mass is 9.95. The number of piperidine rings is 1. The lowest BCUT2D eigenvalue weighted by Gasteiger charge is -2.32. The van der Waals surface area contributed by atoms with Crippen LogP contribution in [-0.4, -0.2) is 63.7 Å². The molecule has 3 aromatic rings. The quantitative estimate of drug-likeness (QED) is 0.642. The molecule has 0 aliphatic carbocycles. The van der Waals surface area contributed by atoms with Gasteiger partial charge in [-0.2, -0.15) is 17.7 Å². The van der Waals surface area contributed by atoms with Crippen molar-refractivity contribution in [1.82, 2.24) is 24.7 Å². The second-order valence-corrected chi connectivity index (χ2v) is 8.01. The van der Waals surface area contributed by atoms with Crippen LogP contribution in [0.2, 0.25) is 0 Å². The molecule has 1 aliphatic rings. The molecule has 3 heterocycles. The average Bonchev–Trinajstić information content (AvgIpc) is 3.22. The number of hydrogen-bond donors (Lipinski definition) is 1. The highest BCUT2D eigenvalue weighted by atomic mass is 19.4. The third-order valence-electron chi connectivity index (χ3n) is 5.48. The molecule has 33 heavy (non-hydrogen) atoms. The van der Waals surface area contributed by atoms with E-state index in [1.807, 2.05) is 4.90 Å². The van der Waals surface area contributed by atoms with Crippen molar-refractivity contribution >= 4 is 29.0 Å². The van der Waals surface area contributed by atoms with E-state index in [4.69, 9.17) is 0 Å². The zero-order valence-electron chi connectivity index (χ0n) is 18.0. The topological polar surface area (TPSA) is 95.7 Å². The van der Waals surface area contributed by atoms with Crippen LogP contribution in [0.1, 0.15) is 29.0 Å². The summed E-state index contributed by atoms with van der Waals surface area (Å²) in [5, 5.41) is 13.6. The Morgan fingerprint density at radius 2 is 1.82 bits per heavy atom. The Balaban J connectivity index is 1.40. The summed E-state index contributed by atoms with van der Waals surface area (Å²) >= 11 is 0. The summed E-state index contributed by atoms with van der Waals surface area (Å²) in [6, 6.07) is 9.77. The van der Waals surface area contributed by atoms with Crippen molar-refractivity contribution in [2.75, 3.05) is 37.4 Å². The summed E-state index contributed by atoms with van der Waals surface area (Å²) in [6.45, 7) is 0.915. The van der Waals surface area contributed by atoms with Crippen molar-refractivity contribution in [1.29, 1.82) is 0 Å². The molecule has 0 spiro atoms. The second kappa shape index (κ2) is 8.68. The maximum Gasteiger partial charge on any atom is 0.453 e. The van der Waals surface area contributed by atoms with Gasteiger partial charge in [0.15, 0.2) is 5.65 Å². The van der Waals surface area contributed by atoms with Crippen molar-refractivity contribution in [3.8, 4) is 0 Å². The first-order chi connectivity index (χ1) is 15.6. The van der Waals surface area contributed by atoms with E-state index in [1.165, 1.54) is 11.0 Å². The van der Waals surface area contributed by atoms with Gasteiger partial charge in [0.2, 0.25) is 5.91 Å². The number of halogens is 3. The second-order valence-electron chi connectivity index (χ2n) is 8.01. The predicted octanol–water partition coefficient (Wildman–Crippen LogP) is 2.70. The van der Waals surface area contributed by atoms with E-state index in [0.29, 0.717) is 47.5 Å². The number of hydrogen-bond acceptors (Lipinski definition) is 6. The van der Waals surface area contributed by atoms with Gasteiger partial charge in [0.25, 0.3) is 11.7 Å². The first-order valence-electron chi connectivity index (χ1n) is 10.3. The van der Waals surface area contributed by atoms with E-state index in [9.17, 15) is 22.8 Å². The number of anilines is 2. The zero-order chi connectivity index (χ0) is 23.8. The van der Waals surface area contributed by atoms with Crippen LogP contribution >= 0.6 is 0 Å². The van der Waals surface area contributed by atoms with Crippen LogP contribution in [0.25, 0.3) is 5.65 Å². The maximum atomic E-state index is 13.1. The number of carbonyl (C=O) groups is 2. The van der Waals surface area contributed by atoms with E-state index < -0.39 is 12.0 Å². The minimum absolute atomic E-state index is 0.00955. The minimum atomic E-state index is -4.66. The van der Waals surface area contributed by atoms with Gasteiger partial charge in [-0.1, -0.05) is 6.07 Å². The summed E-state index contributed by atoms with van der Waals surface area (Å²) in [6.07, 6.45) is -3.64. The van der Waals surface area contributed by atoms with Gasteiger partial charge in [0, 0.05) is 44.4 Å². The van der Waals surface area contributed by atoms with Gasteiger partial charge in [0.1, 0.15) is 5.82 Å². The van der Waals surface area contributed by atoms with Crippen molar-refractivity contribution in [3.05, 3.63) is 47.8 Å². The first-order valence-corrected chi connectivity index (χ1v) is 10.3. The molecule has 174 valence electrons. The SMILES string of the molecule is CN(C)C(=O)c1cccc(NC(=O)C2CCN(c3ccc4nnc(C(F)(F)F)n4n3)CC2)c1. The fourth-order valence-electron chi connectivity index (χ4n) is 3.73. The molecule has 9 nitrogen and oxygen atoms in total. The molecule has 0 saturated carbocycles. The summed E-state index contributed by atoms with van der Waals surface area (Å²) in [5.41, 5.74) is 1.02. The molecule has 1 N–H and O–H groups in total. The molecule has 0 atom stereocenters.